The smallest absolute Gasteiger partial charge is 0.496 e. The Kier molecular flexibility index (Phi) is 11.3. The van der Waals surface area contributed by atoms with Crippen LogP contribution in [0, 0.1) is 0 Å². The van der Waals surface area contributed by atoms with Crippen molar-refractivity contribution in [1.29, 1.82) is 0 Å². The van der Waals surface area contributed by atoms with Crippen LogP contribution in [0.15, 0.2) is 96.4 Å². The minimum Gasteiger partial charge on any atom is -0.496 e. The monoisotopic (exact) mass is 682 g/mol. The molecule has 0 aromatic heterocycles. The van der Waals surface area contributed by atoms with E-state index < -0.39 is 35.4 Å². The lowest BCUT2D eigenvalue weighted by Gasteiger charge is -2.19. The summed E-state index contributed by atoms with van der Waals surface area (Å²) in [5.41, 5.74) is 0.556. The van der Waals surface area contributed by atoms with Crippen LogP contribution in [0.4, 0.5) is 0 Å². The van der Waals surface area contributed by atoms with Crippen LogP contribution in [0.3, 0.4) is 0 Å². The van der Waals surface area contributed by atoms with E-state index in [1.807, 2.05) is 0 Å². The van der Waals surface area contributed by atoms with Gasteiger partial charge < -0.3 is 32.5 Å². The molecule has 0 heterocycles. The molecule has 0 aliphatic carbocycles. The Balaban J connectivity index is 1.64. The summed E-state index contributed by atoms with van der Waals surface area (Å²) < 4.78 is 77.4. The minimum absolute atomic E-state index is 0.0100. The largest absolute Gasteiger partial charge is 0.652 e. The van der Waals surface area contributed by atoms with Crippen LogP contribution in [-0.2, 0) is 29.2 Å². The number of sulfone groups is 1. The summed E-state index contributed by atoms with van der Waals surface area (Å²) in [6.07, 6.45) is 1.33. The fourth-order valence-corrected chi connectivity index (χ4v) is 6.36. The van der Waals surface area contributed by atoms with E-state index in [0.717, 1.165) is 5.41 Å². The number of carbonyl (C=O) groups excluding carboxylic acids is 2. The van der Waals surface area contributed by atoms with Crippen molar-refractivity contribution < 1.29 is 55.1 Å². The van der Waals surface area contributed by atoms with Gasteiger partial charge in [0.1, 0.15) is 17.2 Å². The molecule has 0 spiro atoms. The highest BCUT2D eigenvalue weighted by molar-refractivity contribution is 7.93. The second-order valence-electron chi connectivity index (χ2n) is 9.57. The average Bonchev–Trinajstić information content (AvgIpc) is 3.07. The number of ether oxygens (including phenoxy) is 4. The van der Waals surface area contributed by atoms with Crippen LogP contribution < -0.4 is 23.5 Å². The molecule has 0 aliphatic heterocycles. The predicted molar refractivity (Wildman–Crippen MR) is 173 cm³/mol. The first-order chi connectivity index (χ1) is 22.5. The van der Waals surface area contributed by atoms with Crippen LogP contribution >= 0.6 is 7.82 Å². The van der Waals surface area contributed by atoms with E-state index in [1.54, 1.807) is 48.5 Å². The molecule has 0 saturated carbocycles. The Morgan fingerprint density at radius 1 is 0.660 bits per heavy atom. The molecule has 4 aromatic carbocycles. The van der Waals surface area contributed by atoms with Crippen LogP contribution in [0.1, 0.15) is 31.8 Å². The third-order valence-electron chi connectivity index (χ3n) is 6.41. The lowest BCUT2D eigenvalue weighted by atomic mass is 10.1. The van der Waals surface area contributed by atoms with Crippen molar-refractivity contribution in [3.05, 3.63) is 119 Å². The molecule has 246 valence electrons. The SMILES string of the molecule is COc1cc(OC)c(C=CS(=O)(=O)Cc2ccc(OC)c(OP(=O)(OC(=O)c3ccccc3)OC(=O)c3ccccc3)c2)c(OC)c1. The number of hydrogen-bond acceptors (Lipinski definition) is 12. The predicted octanol–water partition coefficient (Wildman–Crippen LogP) is 6.51. The maximum Gasteiger partial charge on any atom is 0.652 e. The van der Waals surface area contributed by atoms with Crippen molar-refractivity contribution in [1.82, 2.24) is 0 Å². The first-order valence-electron chi connectivity index (χ1n) is 13.7. The van der Waals surface area contributed by atoms with Crippen LogP contribution in [-0.4, -0.2) is 48.8 Å². The van der Waals surface area contributed by atoms with Gasteiger partial charge in [0.25, 0.3) is 0 Å². The Morgan fingerprint density at radius 3 is 1.64 bits per heavy atom. The third kappa shape index (κ3) is 9.15. The van der Waals surface area contributed by atoms with E-state index in [4.69, 9.17) is 32.5 Å². The Bertz CT molecular complexity index is 1830. The zero-order valence-corrected chi connectivity index (χ0v) is 27.5. The zero-order chi connectivity index (χ0) is 34.0. The fraction of sp³-hybridized carbons (Fsp3) is 0.152. The van der Waals surface area contributed by atoms with Gasteiger partial charge in [0.05, 0.1) is 50.9 Å². The van der Waals surface area contributed by atoms with Crippen molar-refractivity contribution >= 4 is 35.7 Å². The second kappa shape index (κ2) is 15.4. The summed E-state index contributed by atoms with van der Waals surface area (Å²) in [6, 6.07) is 22.4. The molecular weight excluding hydrogens is 651 g/mol. The van der Waals surface area contributed by atoms with Gasteiger partial charge in [-0.15, -0.1) is 0 Å². The molecule has 0 saturated heterocycles. The van der Waals surface area contributed by atoms with E-state index in [2.05, 4.69) is 0 Å². The standard InChI is InChI=1S/C33H31O12PS/c1-39-26-20-29(41-3)27(30(21-26)42-4)17-18-47(37,38)22-23-15-16-28(40-2)31(19-23)43-46(36,44-32(34)24-11-7-5-8-12-24)45-33(35)25-13-9-6-10-14-25/h5-21H,22H2,1-4H3. The van der Waals surface area contributed by atoms with Gasteiger partial charge in [-0.25, -0.2) is 18.0 Å². The molecule has 0 amide bonds. The number of hydrogen-bond donors (Lipinski definition) is 0. The van der Waals surface area contributed by atoms with Crippen molar-refractivity contribution in [3.8, 4) is 28.7 Å². The van der Waals surface area contributed by atoms with Gasteiger partial charge in [0.2, 0.25) is 0 Å². The highest BCUT2D eigenvalue weighted by Crippen LogP contribution is 2.53. The zero-order valence-electron chi connectivity index (χ0n) is 25.8. The Hall–Kier alpha value is -5.26. The molecule has 0 aliphatic rings. The summed E-state index contributed by atoms with van der Waals surface area (Å²) in [5.74, 6) is -1.97. The topological polar surface area (TPSA) is 150 Å². The molecule has 14 heteroatoms. The number of phosphoric acid groups is 1. The third-order valence-corrected chi connectivity index (χ3v) is 8.90. The first kappa shape index (κ1) is 34.6. The minimum atomic E-state index is -5.05. The average molecular weight is 683 g/mol. The van der Waals surface area contributed by atoms with E-state index in [1.165, 1.54) is 77.0 Å². The van der Waals surface area contributed by atoms with Crippen molar-refractivity contribution in [2.45, 2.75) is 5.75 Å². The number of methoxy groups -OCH3 is 4. The van der Waals surface area contributed by atoms with Crippen molar-refractivity contribution in [2.24, 2.45) is 0 Å². The first-order valence-corrected chi connectivity index (χ1v) is 16.9. The quantitative estimate of drug-likeness (QED) is 0.133. The van der Waals surface area contributed by atoms with Crippen LogP contribution in [0.2, 0.25) is 0 Å². The van der Waals surface area contributed by atoms with Crippen LogP contribution in [0.25, 0.3) is 6.08 Å². The molecule has 0 bridgehead atoms. The highest BCUT2D eigenvalue weighted by atomic mass is 32.2. The fourth-order valence-electron chi connectivity index (χ4n) is 4.16. The molecule has 4 rings (SSSR count). The highest BCUT2D eigenvalue weighted by Gasteiger charge is 2.39. The molecular formula is C33H31O12PS. The molecule has 0 N–H and O–H groups in total. The maximum atomic E-state index is 13.9. The summed E-state index contributed by atoms with van der Waals surface area (Å²) in [5, 5.41) is 0.985. The van der Waals surface area contributed by atoms with Gasteiger partial charge in [-0.3, -0.25) is 0 Å². The molecule has 0 atom stereocenters. The number of rotatable bonds is 14. The van der Waals surface area contributed by atoms with Crippen molar-refractivity contribution in [2.75, 3.05) is 28.4 Å². The number of carbonyl (C=O) groups is 2. The normalized spacial score (nSPS) is 11.4. The number of phosphoric ester groups is 1. The van der Waals surface area contributed by atoms with Gasteiger partial charge in [0.15, 0.2) is 21.3 Å². The molecule has 0 radical (unpaired) electrons. The lowest BCUT2D eigenvalue weighted by molar-refractivity contribution is 0.0573. The summed E-state index contributed by atoms with van der Waals surface area (Å²) in [6.45, 7) is 0. The molecule has 47 heavy (non-hydrogen) atoms. The molecule has 0 unspecified atom stereocenters. The summed E-state index contributed by atoms with van der Waals surface area (Å²) >= 11 is 0. The van der Waals surface area contributed by atoms with E-state index >= 15 is 0 Å². The maximum absolute atomic E-state index is 13.9. The van der Waals surface area contributed by atoms with Gasteiger partial charge in [-0.2, -0.15) is 4.57 Å². The van der Waals surface area contributed by atoms with E-state index in [9.17, 15) is 22.6 Å². The lowest BCUT2D eigenvalue weighted by Crippen LogP contribution is -2.13. The van der Waals surface area contributed by atoms with Gasteiger partial charge in [0, 0.05) is 17.5 Å². The Morgan fingerprint density at radius 2 is 1.17 bits per heavy atom. The molecule has 4 aromatic rings. The summed E-state index contributed by atoms with van der Waals surface area (Å²) in [7, 11) is -3.40. The van der Waals surface area contributed by atoms with Gasteiger partial charge >= 0.3 is 19.8 Å². The molecule has 0 fully saturated rings. The van der Waals surface area contributed by atoms with Gasteiger partial charge in [-0.1, -0.05) is 42.5 Å². The second-order valence-corrected chi connectivity index (χ2v) is 12.9. The Labute approximate surface area is 271 Å². The van der Waals surface area contributed by atoms with E-state index in [0.29, 0.717) is 22.8 Å². The molecule has 12 nitrogen and oxygen atoms in total. The number of benzene rings is 4. The van der Waals surface area contributed by atoms with Crippen molar-refractivity contribution in [3.63, 3.8) is 0 Å². The van der Waals surface area contributed by atoms with Crippen LogP contribution in [0.5, 0.6) is 28.7 Å². The van der Waals surface area contributed by atoms with E-state index in [-0.39, 0.29) is 28.2 Å². The van der Waals surface area contributed by atoms with Gasteiger partial charge in [-0.05, 0) is 48.0 Å². The summed E-state index contributed by atoms with van der Waals surface area (Å²) in [4.78, 5) is 25.8.